The first-order chi connectivity index (χ1) is 9.40. The number of anilines is 2. The summed E-state index contributed by atoms with van der Waals surface area (Å²) >= 11 is 0. The number of nitrogen functional groups attached to an aromatic ring is 1. The first kappa shape index (κ1) is 15.2. The van der Waals surface area contributed by atoms with Crippen LogP contribution in [0.2, 0.25) is 0 Å². The summed E-state index contributed by atoms with van der Waals surface area (Å²) in [5.74, 6) is 2.29. The molecule has 0 saturated carbocycles. The van der Waals surface area contributed by atoms with Crippen LogP contribution in [0, 0.1) is 5.92 Å². The van der Waals surface area contributed by atoms with E-state index in [4.69, 9.17) is 5.73 Å². The molecule has 0 bridgehead atoms. The molecular weight excluding hydrogens is 250 g/mol. The lowest BCUT2D eigenvalue weighted by Gasteiger charge is -2.34. The van der Waals surface area contributed by atoms with Gasteiger partial charge in [-0.3, -0.25) is 4.68 Å². The van der Waals surface area contributed by atoms with E-state index in [1.54, 1.807) is 0 Å². The van der Waals surface area contributed by atoms with Crippen LogP contribution >= 0.6 is 0 Å². The van der Waals surface area contributed by atoms with Crippen molar-refractivity contribution in [3.8, 4) is 0 Å². The second-order valence-electron chi connectivity index (χ2n) is 6.59. The van der Waals surface area contributed by atoms with Crippen molar-refractivity contribution >= 4 is 11.5 Å². The van der Waals surface area contributed by atoms with Crippen molar-refractivity contribution in [2.45, 2.75) is 32.6 Å². The van der Waals surface area contributed by atoms with Gasteiger partial charge in [0.2, 0.25) is 0 Å². The molecular formula is C15H29N5. The van der Waals surface area contributed by atoms with Crippen LogP contribution in [-0.4, -0.2) is 48.4 Å². The molecule has 0 atom stereocenters. The monoisotopic (exact) mass is 279 g/mol. The number of rotatable bonds is 4. The smallest absolute Gasteiger partial charge is 0.150 e. The van der Waals surface area contributed by atoms with E-state index in [0.29, 0.717) is 5.92 Å². The number of nitrogens with zero attached hydrogens (tertiary/aromatic N) is 4. The summed E-state index contributed by atoms with van der Waals surface area (Å²) in [6.45, 7) is 7.64. The van der Waals surface area contributed by atoms with Gasteiger partial charge < -0.3 is 15.5 Å². The maximum Gasteiger partial charge on any atom is 0.150 e. The zero-order valence-corrected chi connectivity index (χ0v) is 13.6. The zero-order chi connectivity index (χ0) is 14.9. The van der Waals surface area contributed by atoms with Crippen LogP contribution in [-0.2, 0) is 7.05 Å². The number of hydrogen-bond acceptors (Lipinski definition) is 4. The summed E-state index contributed by atoms with van der Waals surface area (Å²) in [4.78, 5) is 4.69. The van der Waals surface area contributed by atoms with Gasteiger partial charge in [-0.2, -0.15) is 5.10 Å². The minimum absolute atomic E-state index is 0.376. The number of aryl methyl sites for hydroxylation is 1. The van der Waals surface area contributed by atoms with Gasteiger partial charge in [-0.1, -0.05) is 13.8 Å². The van der Waals surface area contributed by atoms with Crippen LogP contribution in [0.15, 0.2) is 0 Å². The molecule has 5 heteroatoms. The average Bonchev–Trinajstić information content (AvgIpc) is 2.66. The zero-order valence-electron chi connectivity index (χ0n) is 13.6. The lowest BCUT2D eigenvalue weighted by Crippen LogP contribution is -2.38. The van der Waals surface area contributed by atoms with Crippen molar-refractivity contribution in [3.63, 3.8) is 0 Å². The summed E-state index contributed by atoms with van der Waals surface area (Å²) in [7, 11) is 6.31. The summed E-state index contributed by atoms with van der Waals surface area (Å²) in [5, 5.41) is 4.59. The molecule has 2 rings (SSSR count). The number of nitrogens with two attached hydrogens (primary N) is 1. The van der Waals surface area contributed by atoms with E-state index in [2.05, 4.69) is 42.8 Å². The summed E-state index contributed by atoms with van der Waals surface area (Å²) in [6, 6.07) is 0. The topological polar surface area (TPSA) is 50.3 Å². The van der Waals surface area contributed by atoms with Gasteiger partial charge in [0.05, 0.1) is 11.4 Å². The second kappa shape index (κ2) is 6.04. The third-order valence-corrected chi connectivity index (χ3v) is 4.17. The highest BCUT2D eigenvalue weighted by molar-refractivity contribution is 5.67. The largest absolute Gasteiger partial charge is 0.394 e. The van der Waals surface area contributed by atoms with E-state index >= 15 is 0 Å². The Morgan fingerprint density at radius 3 is 2.35 bits per heavy atom. The number of hydrogen-bond donors (Lipinski definition) is 1. The Labute approximate surface area is 122 Å². The van der Waals surface area contributed by atoms with E-state index in [-0.39, 0.29) is 0 Å². The van der Waals surface area contributed by atoms with Crippen molar-refractivity contribution in [2.24, 2.45) is 13.0 Å². The van der Waals surface area contributed by atoms with Gasteiger partial charge in [0.15, 0.2) is 0 Å². The van der Waals surface area contributed by atoms with Crippen molar-refractivity contribution in [3.05, 3.63) is 5.69 Å². The molecule has 0 radical (unpaired) electrons. The van der Waals surface area contributed by atoms with Crippen LogP contribution in [0.3, 0.4) is 0 Å². The molecule has 1 aliphatic heterocycles. The molecule has 0 aliphatic carbocycles. The van der Waals surface area contributed by atoms with Crippen LogP contribution in [0.4, 0.5) is 11.5 Å². The normalized spacial score (nSPS) is 17.4. The van der Waals surface area contributed by atoms with E-state index in [9.17, 15) is 0 Å². The molecule has 5 nitrogen and oxygen atoms in total. The Morgan fingerprint density at radius 1 is 1.30 bits per heavy atom. The van der Waals surface area contributed by atoms with Gasteiger partial charge in [-0.25, -0.2) is 0 Å². The minimum atomic E-state index is 0.376. The van der Waals surface area contributed by atoms with Crippen molar-refractivity contribution < 1.29 is 0 Å². The SMILES string of the molecule is CC(C)c1nn(C)c(N2CCC(CN(C)C)CC2)c1N. The van der Waals surface area contributed by atoms with Crippen molar-refractivity contribution in [1.82, 2.24) is 14.7 Å². The molecule has 114 valence electrons. The minimum Gasteiger partial charge on any atom is -0.394 e. The van der Waals surface area contributed by atoms with E-state index in [0.717, 1.165) is 36.2 Å². The lowest BCUT2D eigenvalue weighted by molar-refractivity contribution is 0.284. The Morgan fingerprint density at radius 2 is 1.90 bits per heavy atom. The predicted octanol–water partition coefficient (Wildman–Crippen LogP) is 1.90. The molecule has 2 heterocycles. The standard InChI is InChI=1S/C15H29N5/c1-11(2)14-13(16)15(19(5)17-14)20-8-6-12(7-9-20)10-18(3)4/h11-12H,6-10,16H2,1-5H3. The van der Waals surface area contributed by atoms with Gasteiger partial charge in [-0.05, 0) is 38.8 Å². The maximum atomic E-state index is 6.32. The third-order valence-electron chi connectivity index (χ3n) is 4.17. The Bertz CT molecular complexity index is 441. The van der Waals surface area contributed by atoms with Gasteiger partial charge >= 0.3 is 0 Å². The Hall–Kier alpha value is -1.23. The quantitative estimate of drug-likeness (QED) is 0.914. The van der Waals surface area contributed by atoms with E-state index in [1.807, 2.05) is 11.7 Å². The van der Waals surface area contributed by atoms with Gasteiger partial charge in [-0.15, -0.1) is 0 Å². The predicted molar refractivity (Wildman–Crippen MR) is 85.2 cm³/mol. The van der Waals surface area contributed by atoms with Crippen molar-refractivity contribution in [1.29, 1.82) is 0 Å². The molecule has 2 N–H and O–H groups in total. The Balaban J connectivity index is 2.07. The van der Waals surface area contributed by atoms with Crippen LogP contribution in [0.1, 0.15) is 38.3 Å². The average molecular weight is 279 g/mol. The molecule has 1 saturated heterocycles. The third kappa shape index (κ3) is 3.08. The van der Waals surface area contributed by atoms with Gasteiger partial charge in [0.1, 0.15) is 5.82 Å². The van der Waals surface area contributed by atoms with E-state index in [1.165, 1.54) is 19.4 Å². The molecule has 1 aromatic rings. The van der Waals surface area contributed by atoms with E-state index < -0.39 is 0 Å². The highest BCUT2D eigenvalue weighted by atomic mass is 15.4. The fourth-order valence-corrected chi connectivity index (χ4v) is 3.20. The number of aromatic nitrogens is 2. The molecule has 0 spiro atoms. The maximum absolute atomic E-state index is 6.32. The number of piperidine rings is 1. The molecule has 1 aliphatic rings. The first-order valence-electron chi connectivity index (χ1n) is 7.62. The highest BCUT2D eigenvalue weighted by Gasteiger charge is 2.25. The molecule has 0 unspecified atom stereocenters. The second-order valence-corrected chi connectivity index (χ2v) is 6.59. The van der Waals surface area contributed by atoms with Crippen LogP contribution in [0.25, 0.3) is 0 Å². The fourth-order valence-electron chi connectivity index (χ4n) is 3.20. The first-order valence-corrected chi connectivity index (χ1v) is 7.62. The van der Waals surface area contributed by atoms with Crippen LogP contribution in [0.5, 0.6) is 0 Å². The molecule has 1 aromatic heterocycles. The fraction of sp³-hybridized carbons (Fsp3) is 0.800. The van der Waals surface area contributed by atoms with Gasteiger partial charge in [0, 0.05) is 26.7 Å². The molecule has 20 heavy (non-hydrogen) atoms. The molecule has 1 fully saturated rings. The summed E-state index contributed by atoms with van der Waals surface area (Å²) in [5.41, 5.74) is 8.21. The summed E-state index contributed by atoms with van der Waals surface area (Å²) in [6.07, 6.45) is 2.47. The van der Waals surface area contributed by atoms with Gasteiger partial charge in [0.25, 0.3) is 0 Å². The van der Waals surface area contributed by atoms with Crippen molar-refractivity contribution in [2.75, 3.05) is 44.4 Å². The molecule has 0 amide bonds. The summed E-state index contributed by atoms with van der Waals surface area (Å²) < 4.78 is 1.96. The van der Waals surface area contributed by atoms with Crippen LogP contribution < -0.4 is 10.6 Å². The highest BCUT2D eigenvalue weighted by Crippen LogP contribution is 2.33. The Kier molecular flexibility index (Phi) is 4.58. The lowest BCUT2D eigenvalue weighted by atomic mass is 9.96. The molecule has 0 aromatic carbocycles.